The van der Waals surface area contributed by atoms with Gasteiger partial charge in [-0.2, -0.15) is 31.4 Å². The molecule has 53 heavy (non-hydrogen) atoms. The Morgan fingerprint density at radius 2 is 1.64 bits per heavy atom. The maximum atomic E-state index is 13.7. The van der Waals surface area contributed by atoms with Gasteiger partial charge < -0.3 is 15.2 Å². The zero-order chi connectivity index (χ0) is 41.7. The Labute approximate surface area is 312 Å². The summed E-state index contributed by atoms with van der Waals surface area (Å²) in [6.45, 7) is 30.3. The maximum absolute atomic E-state index is 13.7. The first-order chi connectivity index (χ1) is 24.5. The highest BCUT2D eigenvalue weighted by Gasteiger charge is 2.42. The highest BCUT2D eigenvalue weighted by atomic mass is 19.4. The minimum absolute atomic E-state index is 0.161. The van der Waals surface area contributed by atoms with E-state index in [1.54, 1.807) is 64.2 Å². The van der Waals surface area contributed by atoms with Gasteiger partial charge in [0, 0.05) is 5.57 Å². The molecule has 2 atom stereocenters. The van der Waals surface area contributed by atoms with Crippen molar-refractivity contribution in [2.75, 3.05) is 26.7 Å². The molecule has 1 aromatic rings. The Kier molecular flexibility index (Phi) is 23.2. The smallest absolute Gasteiger partial charge is 0.434 e. The highest BCUT2D eigenvalue weighted by molar-refractivity contribution is 5.89. The van der Waals surface area contributed by atoms with Crippen molar-refractivity contribution in [3.05, 3.63) is 108 Å². The number of ether oxygens (including phenoxy) is 1. The van der Waals surface area contributed by atoms with Crippen LogP contribution in [-0.4, -0.2) is 64.2 Å². The van der Waals surface area contributed by atoms with Crippen LogP contribution >= 0.6 is 0 Å². The molecule has 300 valence electrons. The number of aromatic carboxylic acids is 1. The van der Waals surface area contributed by atoms with E-state index in [2.05, 4.69) is 37.1 Å². The van der Waals surface area contributed by atoms with Crippen molar-refractivity contribution in [1.82, 2.24) is 20.0 Å². The number of aromatic nitrogens is 2. The highest BCUT2D eigenvalue weighted by Crippen LogP contribution is 2.35. The van der Waals surface area contributed by atoms with Gasteiger partial charge >= 0.3 is 18.3 Å². The molecular weight excluding hydrogens is 698 g/mol. The third-order valence-corrected chi connectivity index (χ3v) is 7.88. The van der Waals surface area contributed by atoms with E-state index in [-0.39, 0.29) is 12.4 Å². The molecule has 2 unspecified atom stereocenters. The number of hydrogen-bond donors (Lipinski definition) is 2. The fourth-order valence-electron chi connectivity index (χ4n) is 4.93. The molecule has 1 aromatic heterocycles. The predicted octanol–water partition coefficient (Wildman–Crippen LogP) is 11.4. The SMILES string of the molecule is C/C=C(\C)C(CC)CCN(C)CC(F)(F)F.C=C(C)C(=C)COC(=C/C)/C(=C\C=C/C)C(C)(/C=C\C)NC(=C)n1ncc(C(=O)O)c1C(F)(F)F.CC. The number of alkyl halides is 6. The van der Waals surface area contributed by atoms with Crippen LogP contribution in [0.2, 0.25) is 0 Å². The quantitative estimate of drug-likeness (QED) is 0.0672. The van der Waals surface area contributed by atoms with Gasteiger partial charge in [-0.3, -0.25) is 4.90 Å². The minimum atomic E-state index is -4.98. The molecule has 0 aliphatic carbocycles. The molecule has 0 fully saturated rings. The lowest BCUT2D eigenvalue weighted by Crippen LogP contribution is -2.43. The number of hydrogen-bond acceptors (Lipinski definition) is 5. The summed E-state index contributed by atoms with van der Waals surface area (Å²) >= 11 is 0. The molecule has 1 heterocycles. The normalized spacial score (nSPS) is 14.6. The van der Waals surface area contributed by atoms with Crippen molar-refractivity contribution in [3.63, 3.8) is 0 Å². The van der Waals surface area contributed by atoms with Gasteiger partial charge in [-0.1, -0.05) is 88.1 Å². The van der Waals surface area contributed by atoms with Crippen molar-refractivity contribution in [2.24, 2.45) is 5.92 Å². The zero-order valence-corrected chi connectivity index (χ0v) is 33.2. The summed E-state index contributed by atoms with van der Waals surface area (Å²) < 4.78 is 83.8. The summed E-state index contributed by atoms with van der Waals surface area (Å²) in [6.07, 6.45) is 5.88. The Hall–Kier alpha value is -4.26. The molecule has 0 spiro atoms. The van der Waals surface area contributed by atoms with E-state index in [4.69, 9.17) is 4.74 Å². The van der Waals surface area contributed by atoms with Crippen LogP contribution in [0.15, 0.2) is 96.5 Å². The Morgan fingerprint density at radius 3 is 2.06 bits per heavy atom. The molecular formula is C40H60F6N4O3. The summed E-state index contributed by atoms with van der Waals surface area (Å²) in [4.78, 5) is 12.7. The number of carboxylic acid groups (broad SMARTS) is 1. The molecule has 0 aliphatic heterocycles. The van der Waals surface area contributed by atoms with Crippen LogP contribution in [0.3, 0.4) is 0 Å². The number of carbonyl (C=O) groups is 1. The van der Waals surface area contributed by atoms with Crippen molar-refractivity contribution >= 4 is 11.8 Å². The Morgan fingerprint density at radius 1 is 1.06 bits per heavy atom. The van der Waals surface area contributed by atoms with E-state index >= 15 is 0 Å². The average Bonchev–Trinajstić information content (AvgIpc) is 3.54. The summed E-state index contributed by atoms with van der Waals surface area (Å²) in [5.41, 5.74) is -0.259. The summed E-state index contributed by atoms with van der Waals surface area (Å²) in [5.74, 6) is -1.17. The van der Waals surface area contributed by atoms with Gasteiger partial charge in [-0.05, 0) is 92.5 Å². The second kappa shape index (κ2) is 24.1. The number of halogens is 6. The van der Waals surface area contributed by atoms with Crippen LogP contribution in [0, 0.1) is 5.92 Å². The Bertz CT molecular complexity index is 1500. The van der Waals surface area contributed by atoms with E-state index in [0.717, 1.165) is 18.4 Å². The predicted molar refractivity (Wildman–Crippen MR) is 205 cm³/mol. The molecule has 1 rings (SSSR count). The van der Waals surface area contributed by atoms with Crippen molar-refractivity contribution in [3.8, 4) is 0 Å². The lowest BCUT2D eigenvalue weighted by Gasteiger charge is -2.34. The van der Waals surface area contributed by atoms with Crippen LogP contribution in [0.1, 0.15) is 98.1 Å². The third-order valence-electron chi connectivity index (χ3n) is 7.88. The summed E-state index contributed by atoms with van der Waals surface area (Å²) in [5, 5.41) is 15.8. The molecule has 7 nitrogen and oxygen atoms in total. The van der Waals surface area contributed by atoms with Gasteiger partial charge in [-0.15, -0.1) is 0 Å². The van der Waals surface area contributed by atoms with Gasteiger partial charge in [0.25, 0.3) is 0 Å². The number of nitrogens with one attached hydrogen (secondary N) is 1. The number of rotatable bonds is 18. The van der Waals surface area contributed by atoms with E-state index in [1.165, 1.54) is 17.5 Å². The molecule has 0 bridgehead atoms. The monoisotopic (exact) mass is 758 g/mol. The number of allylic oxidation sites excluding steroid dienone is 7. The summed E-state index contributed by atoms with van der Waals surface area (Å²) in [7, 11) is 1.52. The van der Waals surface area contributed by atoms with Crippen LogP contribution in [0.5, 0.6) is 0 Å². The van der Waals surface area contributed by atoms with E-state index in [9.17, 15) is 36.2 Å². The average molecular weight is 759 g/mol. The van der Waals surface area contributed by atoms with Crippen molar-refractivity contribution in [2.45, 2.75) is 100.0 Å². The van der Waals surface area contributed by atoms with Crippen LogP contribution in [0.4, 0.5) is 26.3 Å². The number of nitrogens with zero attached hydrogens (tertiary/aromatic N) is 3. The first-order valence-electron chi connectivity index (χ1n) is 17.4. The molecule has 0 saturated carbocycles. The van der Waals surface area contributed by atoms with Gasteiger partial charge in [0.2, 0.25) is 0 Å². The first kappa shape index (κ1) is 50.8. The largest absolute Gasteiger partial charge is 0.489 e. The van der Waals surface area contributed by atoms with E-state index < -0.39 is 41.7 Å². The standard InChI is InChI=1S/C26H32F3N3O3.C12H22F3N.C2H6/c1-9-12-13-21(22(11-3)35-16-18(6)17(4)5)25(8,14-10-2)31-19(7)32-23(26(27,28)29)20(15-30-32)24(33)34;1-5-10(3)11(6-2)7-8-16(4)9-12(13,14)15;1-2/h9-15,31H,4,6-7,16H2,1-3,5,8H3,(H,33,34);5,11H,6-9H2,1-4H3;1-2H3/b12-9-,14-10-,21-13+,22-11+;10-5+;. The fraction of sp³-hybridized carbons (Fsp3) is 0.500. The molecule has 2 N–H and O–H groups in total. The second-order valence-corrected chi connectivity index (χ2v) is 12.1. The van der Waals surface area contributed by atoms with Crippen molar-refractivity contribution in [1.29, 1.82) is 0 Å². The second-order valence-electron chi connectivity index (χ2n) is 12.1. The third kappa shape index (κ3) is 17.9. The summed E-state index contributed by atoms with van der Waals surface area (Å²) in [6, 6.07) is 0. The number of carboxylic acids is 1. The zero-order valence-electron chi connectivity index (χ0n) is 33.2. The van der Waals surface area contributed by atoms with Gasteiger partial charge in [0.05, 0.1) is 18.3 Å². The molecule has 0 aliphatic rings. The van der Waals surface area contributed by atoms with E-state index in [1.807, 2.05) is 40.7 Å². The van der Waals surface area contributed by atoms with Crippen LogP contribution in [0.25, 0.3) is 5.82 Å². The minimum Gasteiger partial charge on any atom is -0.489 e. The van der Waals surface area contributed by atoms with Crippen LogP contribution in [-0.2, 0) is 10.9 Å². The van der Waals surface area contributed by atoms with Crippen LogP contribution < -0.4 is 5.32 Å². The Balaban J connectivity index is 0. The van der Waals surface area contributed by atoms with Crippen molar-refractivity contribution < 1.29 is 41.0 Å². The lowest BCUT2D eigenvalue weighted by molar-refractivity contribution is -0.144. The molecule has 0 saturated heterocycles. The molecule has 0 radical (unpaired) electrons. The topological polar surface area (TPSA) is 79.6 Å². The first-order valence-corrected chi connectivity index (χ1v) is 17.4. The lowest BCUT2D eigenvalue weighted by atomic mass is 9.88. The molecule has 13 heteroatoms. The fourth-order valence-corrected chi connectivity index (χ4v) is 4.93. The molecule has 0 amide bonds. The van der Waals surface area contributed by atoms with Gasteiger partial charge in [0.1, 0.15) is 23.8 Å². The van der Waals surface area contributed by atoms with E-state index in [0.29, 0.717) is 40.2 Å². The molecule has 0 aromatic carbocycles. The maximum Gasteiger partial charge on any atom is 0.434 e. The van der Waals surface area contributed by atoms with Gasteiger partial charge in [-0.25, -0.2) is 9.48 Å². The van der Waals surface area contributed by atoms with Gasteiger partial charge in [0.15, 0.2) is 5.69 Å².